The lowest BCUT2D eigenvalue weighted by molar-refractivity contribution is -0.149. The van der Waals surface area contributed by atoms with Crippen molar-refractivity contribution in [2.45, 2.75) is 31.2 Å². The second-order valence-electron chi connectivity index (χ2n) is 6.24. The maximum absolute atomic E-state index is 11.8. The zero-order chi connectivity index (χ0) is 17.2. The van der Waals surface area contributed by atoms with E-state index in [1.165, 1.54) is 11.8 Å². The summed E-state index contributed by atoms with van der Waals surface area (Å²) in [7, 11) is 0. The summed E-state index contributed by atoms with van der Waals surface area (Å²) < 4.78 is 4.90. The highest BCUT2D eigenvalue weighted by molar-refractivity contribution is 7.99. The van der Waals surface area contributed by atoms with Gasteiger partial charge in [-0.3, -0.25) is 14.6 Å². The molecule has 0 radical (unpaired) electrons. The fourth-order valence-corrected chi connectivity index (χ4v) is 4.35. The van der Waals surface area contributed by atoms with Crippen LogP contribution in [0.1, 0.15) is 26.2 Å². The van der Waals surface area contributed by atoms with Gasteiger partial charge in [0.15, 0.2) is 0 Å². The molecule has 24 heavy (non-hydrogen) atoms. The van der Waals surface area contributed by atoms with E-state index in [0.29, 0.717) is 30.5 Å². The molecule has 8 heteroatoms. The van der Waals surface area contributed by atoms with Gasteiger partial charge >= 0.3 is 11.9 Å². The van der Waals surface area contributed by atoms with E-state index in [2.05, 4.69) is 9.97 Å². The van der Waals surface area contributed by atoms with Crippen LogP contribution < -0.4 is 4.90 Å². The molecule has 1 aliphatic heterocycles. The Hall–Kier alpha value is -1.83. The topological polar surface area (TPSA) is 92.6 Å². The van der Waals surface area contributed by atoms with Crippen LogP contribution in [0.15, 0.2) is 17.4 Å². The normalized spacial score (nSPS) is 25.5. The third-order valence-corrected chi connectivity index (χ3v) is 5.74. The molecule has 7 nitrogen and oxygen atoms in total. The lowest BCUT2D eigenvalue weighted by Gasteiger charge is -2.23. The summed E-state index contributed by atoms with van der Waals surface area (Å²) in [6.45, 7) is 3.31. The molecule has 0 spiro atoms. The number of hydrogen-bond acceptors (Lipinski definition) is 7. The Bertz CT molecular complexity index is 642. The molecular formula is C16H21N3O4S. The van der Waals surface area contributed by atoms with Crippen molar-refractivity contribution >= 4 is 29.5 Å². The van der Waals surface area contributed by atoms with E-state index in [9.17, 15) is 14.7 Å². The summed E-state index contributed by atoms with van der Waals surface area (Å²) in [5, 5.41) is 10.3. The van der Waals surface area contributed by atoms with Gasteiger partial charge in [0.1, 0.15) is 10.8 Å². The summed E-state index contributed by atoms with van der Waals surface area (Å²) in [5.74, 6) is 0.0586. The minimum Gasteiger partial charge on any atom is -0.481 e. The summed E-state index contributed by atoms with van der Waals surface area (Å²) in [5.41, 5.74) is -0.643. The van der Waals surface area contributed by atoms with Crippen LogP contribution in [0, 0.1) is 11.3 Å². The number of esters is 1. The lowest BCUT2D eigenvalue weighted by Crippen LogP contribution is -2.35. The Morgan fingerprint density at radius 1 is 1.50 bits per heavy atom. The third-order valence-electron chi connectivity index (χ3n) is 4.86. The van der Waals surface area contributed by atoms with Gasteiger partial charge in [-0.05, 0) is 25.7 Å². The van der Waals surface area contributed by atoms with Gasteiger partial charge in [0.25, 0.3) is 0 Å². The molecule has 2 atom stereocenters. The Kier molecular flexibility index (Phi) is 4.93. The van der Waals surface area contributed by atoms with Gasteiger partial charge in [-0.2, -0.15) is 0 Å². The second-order valence-corrected chi connectivity index (χ2v) is 7.24. The summed E-state index contributed by atoms with van der Waals surface area (Å²) >= 11 is 1.28. The zero-order valence-corrected chi connectivity index (χ0v) is 14.4. The fourth-order valence-electron chi connectivity index (χ4n) is 3.71. The van der Waals surface area contributed by atoms with Crippen LogP contribution >= 0.6 is 11.8 Å². The Morgan fingerprint density at radius 2 is 2.33 bits per heavy atom. The largest absolute Gasteiger partial charge is 0.481 e. The van der Waals surface area contributed by atoms with Crippen molar-refractivity contribution in [2.24, 2.45) is 11.3 Å². The highest BCUT2D eigenvalue weighted by Crippen LogP contribution is 2.49. The smallest absolute Gasteiger partial charge is 0.316 e. The van der Waals surface area contributed by atoms with Crippen LogP contribution in [-0.4, -0.2) is 52.5 Å². The van der Waals surface area contributed by atoms with Crippen LogP contribution in [0.3, 0.4) is 0 Å². The van der Waals surface area contributed by atoms with E-state index in [4.69, 9.17) is 4.74 Å². The van der Waals surface area contributed by atoms with E-state index in [1.54, 1.807) is 19.3 Å². The van der Waals surface area contributed by atoms with Crippen LogP contribution in [0.2, 0.25) is 0 Å². The van der Waals surface area contributed by atoms with Crippen molar-refractivity contribution in [3.63, 3.8) is 0 Å². The number of anilines is 1. The number of carbonyl (C=O) groups is 2. The summed E-state index contributed by atoms with van der Waals surface area (Å²) in [6, 6.07) is 0. The molecule has 3 rings (SSSR count). The third kappa shape index (κ3) is 3.19. The quantitative estimate of drug-likeness (QED) is 0.613. The Morgan fingerprint density at radius 3 is 3.04 bits per heavy atom. The highest BCUT2D eigenvalue weighted by Gasteiger charge is 2.55. The van der Waals surface area contributed by atoms with Crippen LogP contribution in [-0.2, 0) is 14.3 Å². The first-order valence-corrected chi connectivity index (χ1v) is 9.12. The summed E-state index contributed by atoms with van der Waals surface area (Å²) in [4.78, 5) is 33.9. The van der Waals surface area contributed by atoms with Gasteiger partial charge in [0, 0.05) is 13.1 Å². The average molecular weight is 351 g/mol. The molecule has 1 aromatic heterocycles. The zero-order valence-electron chi connectivity index (χ0n) is 13.6. The molecule has 2 fully saturated rings. The molecule has 0 amide bonds. The first-order chi connectivity index (χ1) is 11.5. The van der Waals surface area contributed by atoms with Gasteiger partial charge in [0.2, 0.25) is 0 Å². The number of aliphatic carboxylic acids is 1. The molecule has 2 aliphatic rings. The van der Waals surface area contributed by atoms with Crippen molar-refractivity contribution in [2.75, 3.05) is 30.3 Å². The van der Waals surface area contributed by atoms with E-state index in [0.717, 1.165) is 19.3 Å². The molecule has 1 aromatic rings. The number of carbonyl (C=O) groups excluding carboxylic acids is 1. The molecular weight excluding hydrogens is 330 g/mol. The first-order valence-electron chi connectivity index (χ1n) is 8.14. The van der Waals surface area contributed by atoms with Gasteiger partial charge in [-0.25, -0.2) is 4.98 Å². The van der Waals surface area contributed by atoms with Crippen LogP contribution in [0.25, 0.3) is 0 Å². The standard InChI is InChI=1S/C16H21N3O4S/c1-2-23-14(20)9-24-13-7-17-6-12(18-13)19-8-11-4-3-5-16(11,10-19)15(21)22/h6-7,11H,2-5,8-10H2,1H3,(H,21,22)/t11-,16+/m0/s1. The van der Waals surface area contributed by atoms with Gasteiger partial charge < -0.3 is 14.7 Å². The number of carboxylic acids is 1. The number of rotatable bonds is 6. The fraction of sp³-hybridized carbons (Fsp3) is 0.625. The van der Waals surface area contributed by atoms with Gasteiger partial charge in [0.05, 0.1) is 30.2 Å². The minimum absolute atomic E-state index is 0.174. The van der Waals surface area contributed by atoms with Gasteiger partial charge in [-0.15, -0.1) is 0 Å². The Labute approximate surface area is 144 Å². The molecule has 1 aliphatic carbocycles. The second kappa shape index (κ2) is 6.96. The number of fused-ring (bicyclic) bond motifs is 1. The molecule has 1 saturated carbocycles. The molecule has 0 bridgehead atoms. The minimum atomic E-state index is -0.701. The van der Waals surface area contributed by atoms with E-state index in [1.807, 2.05) is 4.90 Å². The number of ether oxygens (including phenoxy) is 1. The van der Waals surface area contributed by atoms with Crippen molar-refractivity contribution < 1.29 is 19.4 Å². The molecule has 1 saturated heterocycles. The molecule has 1 N–H and O–H groups in total. The number of hydrogen-bond donors (Lipinski definition) is 1. The highest BCUT2D eigenvalue weighted by atomic mass is 32.2. The lowest BCUT2D eigenvalue weighted by atomic mass is 9.81. The maximum Gasteiger partial charge on any atom is 0.316 e. The maximum atomic E-state index is 11.8. The summed E-state index contributed by atoms with van der Waals surface area (Å²) in [6.07, 6.45) is 5.93. The predicted molar refractivity (Wildman–Crippen MR) is 89.0 cm³/mol. The molecule has 130 valence electrons. The van der Waals surface area contributed by atoms with Crippen molar-refractivity contribution in [3.05, 3.63) is 12.4 Å². The van der Waals surface area contributed by atoms with Gasteiger partial charge in [-0.1, -0.05) is 18.2 Å². The first kappa shape index (κ1) is 17.0. The van der Waals surface area contributed by atoms with E-state index in [-0.39, 0.29) is 17.6 Å². The van der Waals surface area contributed by atoms with Crippen molar-refractivity contribution in [1.29, 1.82) is 0 Å². The number of aromatic nitrogens is 2. The van der Waals surface area contributed by atoms with E-state index < -0.39 is 11.4 Å². The van der Waals surface area contributed by atoms with Crippen molar-refractivity contribution in [3.8, 4) is 0 Å². The van der Waals surface area contributed by atoms with Crippen LogP contribution in [0.4, 0.5) is 5.82 Å². The molecule has 0 aromatic carbocycles. The van der Waals surface area contributed by atoms with E-state index >= 15 is 0 Å². The van der Waals surface area contributed by atoms with Crippen LogP contribution in [0.5, 0.6) is 0 Å². The monoisotopic (exact) mass is 351 g/mol. The average Bonchev–Trinajstić information content (AvgIpc) is 3.12. The number of nitrogens with zero attached hydrogens (tertiary/aromatic N) is 3. The SMILES string of the molecule is CCOC(=O)CSc1cncc(N2C[C@@H]3CCC[C@@]3(C(=O)O)C2)n1. The number of carboxylic acid groups (broad SMARTS) is 1. The Balaban J connectivity index is 1.69. The molecule has 0 unspecified atom stereocenters. The predicted octanol–water partition coefficient (Wildman–Crippen LogP) is 1.82. The van der Waals surface area contributed by atoms with Crippen molar-refractivity contribution in [1.82, 2.24) is 9.97 Å². The molecule has 2 heterocycles. The number of thioether (sulfide) groups is 1.